The molecule has 1 saturated heterocycles. The summed E-state index contributed by atoms with van der Waals surface area (Å²) < 4.78 is 0. The molecule has 0 aromatic heterocycles. The molecular weight excluding hydrogens is 216 g/mol. The second-order valence-electron chi connectivity index (χ2n) is 4.11. The summed E-state index contributed by atoms with van der Waals surface area (Å²) in [6.45, 7) is 1.85. The molecule has 17 heavy (non-hydrogen) atoms. The summed E-state index contributed by atoms with van der Waals surface area (Å²) in [5.41, 5.74) is 1.14. The molecule has 1 aliphatic heterocycles. The van der Waals surface area contributed by atoms with E-state index in [1.54, 1.807) is 24.3 Å². The number of hydrogen-bond acceptors (Lipinski definition) is 3. The first-order valence-electron chi connectivity index (χ1n) is 5.43. The number of carbonyl (C=O) groups is 2. The van der Waals surface area contributed by atoms with Crippen LogP contribution < -0.4 is 4.90 Å². The van der Waals surface area contributed by atoms with Gasteiger partial charge in [0.25, 0.3) is 0 Å². The van der Waals surface area contributed by atoms with Gasteiger partial charge in [0.15, 0.2) is 5.78 Å². The van der Waals surface area contributed by atoms with Gasteiger partial charge in [-0.05, 0) is 19.1 Å². The lowest BCUT2D eigenvalue weighted by molar-refractivity contribution is -0.117. The van der Waals surface area contributed by atoms with Gasteiger partial charge in [-0.1, -0.05) is 12.1 Å². The van der Waals surface area contributed by atoms with Crippen molar-refractivity contribution in [3.05, 3.63) is 29.8 Å². The monoisotopic (exact) mass is 228 g/mol. The number of hydrogen-bond donors (Lipinski definition) is 0. The summed E-state index contributed by atoms with van der Waals surface area (Å²) in [4.78, 5) is 24.8. The Morgan fingerprint density at radius 3 is 2.76 bits per heavy atom. The molecule has 0 bridgehead atoms. The number of amides is 1. The van der Waals surface area contributed by atoms with Crippen molar-refractivity contribution in [2.45, 2.75) is 13.3 Å². The van der Waals surface area contributed by atoms with Crippen molar-refractivity contribution >= 4 is 17.4 Å². The zero-order valence-electron chi connectivity index (χ0n) is 9.51. The first kappa shape index (κ1) is 11.3. The molecule has 4 nitrogen and oxygen atoms in total. The first-order valence-corrected chi connectivity index (χ1v) is 5.43. The molecular formula is C13H12N2O2. The minimum Gasteiger partial charge on any atom is -0.310 e. The SMILES string of the molecule is CC(=O)c1ccccc1N1CC(C#N)CC1=O. The fourth-order valence-electron chi connectivity index (χ4n) is 2.03. The van der Waals surface area contributed by atoms with Gasteiger partial charge in [0, 0.05) is 18.5 Å². The molecule has 0 spiro atoms. The Hall–Kier alpha value is -2.15. The average Bonchev–Trinajstić information content (AvgIpc) is 2.70. The lowest BCUT2D eigenvalue weighted by atomic mass is 10.1. The summed E-state index contributed by atoms with van der Waals surface area (Å²) in [7, 11) is 0. The third kappa shape index (κ3) is 2.04. The Balaban J connectivity index is 2.39. The maximum absolute atomic E-state index is 11.8. The minimum atomic E-state index is -0.275. The Bertz CT molecular complexity index is 516. The number of ketones is 1. The molecule has 1 aromatic rings. The van der Waals surface area contributed by atoms with E-state index >= 15 is 0 Å². The lowest BCUT2D eigenvalue weighted by Gasteiger charge is -2.18. The smallest absolute Gasteiger partial charge is 0.228 e. The van der Waals surface area contributed by atoms with Crippen molar-refractivity contribution in [3.63, 3.8) is 0 Å². The van der Waals surface area contributed by atoms with Crippen LogP contribution in [0, 0.1) is 17.2 Å². The highest BCUT2D eigenvalue weighted by molar-refractivity contribution is 6.05. The van der Waals surface area contributed by atoms with Crippen LogP contribution in [-0.2, 0) is 4.79 Å². The number of nitriles is 1. The van der Waals surface area contributed by atoms with E-state index in [-0.39, 0.29) is 24.0 Å². The van der Waals surface area contributed by atoms with E-state index in [1.165, 1.54) is 11.8 Å². The van der Waals surface area contributed by atoms with Gasteiger partial charge in [0.1, 0.15) is 0 Å². The van der Waals surface area contributed by atoms with E-state index in [2.05, 4.69) is 6.07 Å². The zero-order chi connectivity index (χ0) is 12.4. The quantitative estimate of drug-likeness (QED) is 0.725. The molecule has 0 aliphatic carbocycles. The van der Waals surface area contributed by atoms with Crippen LogP contribution in [-0.4, -0.2) is 18.2 Å². The van der Waals surface area contributed by atoms with Crippen LogP contribution in [0.1, 0.15) is 23.7 Å². The van der Waals surface area contributed by atoms with Crippen LogP contribution in [0.15, 0.2) is 24.3 Å². The summed E-state index contributed by atoms with van der Waals surface area (Å²) in [6.07, 6.45) is 0.239. The Labute approximate surface area is 99.5 Å². The largest absolute Gasteiger partial charge is 0.310 e. The molecule has 1 aromatic carbocycles. The standard InChI is InChI=1S/C13H12N2O2/c1-9(16)11-4-2-3-5-12(11)15-8-10(7-14)6-13(15)17/h2-5,10H,6,8H2,1H3. The molecule has 0 saturated carbocycles. The molecule has 1 amide bonds. The van der Waals surface area contributed by atoms with Crippen molar-refractivity contribution < 1.29 is 9.59 Å². The summed E-state index contributed by atoms with van der Waals surface area (Å²) in [6, 6.07) is 9.09. The molecule has 0 N–H and O–H groups in total. The number of nitrogens with zero attached hydrogens (tertiary/aromatic N) is 2. The number of Topliss-reactive ketones (excluding diaryl/α,β-unsaturated/α-hetero) is 1. The van der Waals surface area contributed by atoms with E-state index < -0.39 is 0 Å². The Morgan fingerprint density at radius 1 is 1.47 bits per heavy atom. The molecule has 2 rings (SSSR count). The topological polar surface area (TPSA) is 61.2 Å². The highest BCUT2D eigenvalue weighted by Gasteiger charge is 2.31. The molecule has 1 aliphatic rings. The summed E-state index contributed by atoms with van der Waals surface area (Å²) in [5.74, 6) is -0.443. The second kappa shape index (κ2) is 4.38. The fourth-order valence-corrected chi connectivity index (χ4v) is 2.03. The summed E-state index contributed by atoms with van der Waals surface area (Å²) >= 11 is 0. The van der Waals surface area contributed by atoms with Crippen LogP contribution >= 0.6 is 0 Å². The van der Waals surface area contributed by atoms with E-state index in [0.717, 1.165) is 0 Å². The van der Waals surface area contributed by atoms with Gasteiger partial charge in [0.2, 0.25) is 5.91 Å². The van der Waals surface area contributed by atoms with Crippen LogP contribution in [0.5, 0.6) is 0 Å². The van der Waals surface area contributed by atoms with Crippen LogP contribution in [0.3, 0.4) is 0 Å². The van der Waals surface area contributed by atoms with Gasteiger partial charge in [-0.3, -0.25) is 9.59 Å². The number of benzene rings is 1. The predicted molar refractivity (Wildman–Crippen MR) is 62.5 cm³/mol. The molecule has 1 fully saturated rings. The highest BCUT2D eigenvalue weighted by Crippen LogP contribution is 2.27. The number of para-hydroxylation sites is 1. The summed E-state index contributed by atoms with van der Waals surface area (Å²) in [5, 5.41) is 8.83. The molecule has 1 heterocycles. The minimum absolute atomic E-state index is 0.0752. The van der Waals surface area contributed by atoms with Crippen molar-refractivity contribution in [2.75, 3.05) is 11.4 Å². The molecule has 1 atom stereocenters. The van der Waals surface area contributed by atoms with Crippen LogP contribution in [0.25, 0.3) is 0 Å². The molecule has 1 unspecified atom stereocenters. The van der Waals surface area contributed by atoms with Gasteiger partial charge in [0.05, 0.1) is 17.7 Å². The predicted octanol–water partition coefficient (Wildman–Crippen LogP) is 1.77. The third-order valence-corrected chi connectivity index (χ3v) is 2.88. The van der Waals surface area contributed by atoms with E-state index in [1.807, 2.05) is 0 Å². The van der Waals surface area contributed by atoms with Crippen molar-refractivity contribution in [1.82, 2.24) is 0 Å². The van der Waals surface area contributed by atoms with Crippen molar-refractivity contribution in [2.24, 2.45) is 5.92 Å². The first-order chi connectivity index (χ1) is 8.13. The normalized spacial score (nSPS) is 19.2. The van der Waals surface area contributed by atoms with Crippen molar-refractivity contribution in [3.8, 4) is 6.07 Å². The van der Waals surface area contributed by atoms with E-state index in [4.69, 9.17) is 5.26 Å². The van der Waals surface area contributed by atoms with Gasteiger partial charge >= 0.3 is 0 Å². The Morgan fingerprint density at radius 2 is 2.18 bits per heavy atom. The molecule has 4 heteroatoms. The van der Waals surface area contributed by atoms with Crippen LogP contribution in [0.4, 0.5) is 5.69 Å². The maximum atomic E-state index is 11.8. The van der Waals surface area contributed by atoms with Gasteiger partial charge < -0.3 is 4.90 Å². The molecule has 0 radical (unpaired) electrons. The molecule has 86 valence electrons. The number of rotatable bonds is 2. The Kier molecular flexibility index (Phi) is 2.92. The number of anilines is 1. The third-order valence-electron chi connectivity index (χ3n) is 2.88. The van der Waals surface area contributed by atoms with Crippen molar-refractivity contribution in [1.29, 1.82) is 5.26 Å². The van der Waals surface area contributed by atoms with E-state index in [9.17, 15) is 9.59 Å². The number of carbonyl (C=O) groups excluding carboxylic acids is 2. The lowest BCUT2D eigenvalue weighted by Crippen LogP contribution is -2.26. The van der Waals surface area contributed by atoms with Gasteiger partial charge in [-0.25, -0.2) is 0 Å². The van der Waals surface area contributed by atoms with Crippen LogP contribution in [0.2, 0.25) is 0 Å². The van der Waals surface area contributed by atoms with Gasteiger partial charge in [-0.2, -0.15) is 5.26 Å². The zero-order valence-corrected chi connectivity index (χ0v) is 9.51. The fraction of sp³-hybridized carbons (Fsp3) is 0.308. The highest BCUT2D eigenvalue weighted by atomic mass is 16.2. The maximum Gasteiger partial charge on any atom is 0.228 e. The second-order valence-corrected chi connectivity index (χ2v) is 4.11. The average molecular weight is 228 g/mol. The van der Waals surface area contributed by atoms with Gasteiger partial charge in [-0.15, -0.1) is 0 Å². The van der Waals surface area contributed by atoms with E-state index in [0.29, 0.717) is 17.8 Å².